The van der Waals surface area contributed by atoms with Crippen LogP contribution in [0.5, 0.6) is 5.75 Å². The molecule has 1 saturated heterocycles. The largest absolute Gasteiger partial charge is 0.497 e. The molecule has 0 aromatic heterocycles. The van der Waals surface area contributed by atoms with Crippen molar-refractivity contribution in [1.29, 1.82) is 0 Å². The number of benzene rings is 1. The monoisotopic (exact) mass is 333 g/mol. The maximum absolute atomic E-state index is 11.7. The Kier molecular flexibility index (Phi) is 3.34. The molecule has 1 aromatic carbocycles. The number of ether oxygens (including phenoxy) is 1. The molecule has 0 aliphatic carbocycles. The van der Waals surface area contributed by atoms with E-state index < -0.39 is 6.10 Å². The summed E-state index contributed by atoms with van der Waals surface area (Å²) in [6.07, 6.45) is -0.359. The minimum absolute atomic E-state index is 0.0429. The van der Waals surface area contributed by atoms with Crippen molar-refractivity contribution in [2.45, 2.75) is 12.5 Å². The van der Waals surface area contributed by atoms with Crippen molar-refractivity contribution in [2.75, 3.05) is 18.6 Å². The van der Waals surface area contributed by atoms with Crippen LogP contribution in [0.3, 0.4) is 0 Å². The zero-order chi connectivity index (χ0) is 11.7. The highest BCUT2D eigenvalue weighted by atomic mass is 127. The summed E-state index contributed by atoms with van der Waals surface area (Å²) in [5.41, 5.74) is 0.807. The van der Waals surface area contributed by atoms with Crippen LogP contribution in [0.1, 0.15) is 6.42 Å². The van der Waals surface area contributed by atoms with Gasteiger partial charge < -0.3 is 14.7 Å². The first-order valence-electron chi connectivity index (χ1n) is 4.94. The molecule has 86 valence electrons. The van der Waals surface area contributed by atoms with E-state index in [-0.39, 0.29) is 12.3 Å². The number of hydrogen-bond donors (Lipinski definition) is 1. The molecule has 1 aliphatic rings. The fraction of sp³-hybridized carbons (Fsp3) is 0.364. The minimum Gasteiger partial charge on any atom is -0.497 e. The van der Waals surface area contributed by atoms with Crippen LogP contribution in [0.25, 0.3) is 0 Å². The number of carbonyl (C=O) groups is 1. The second-order valence-corrected chi connectivity index (χ2v) is 4.84. The van der Waals surface area contributed by atoms with Crippen molar-refractivity contribution in [3.8, 4) is 5.75 Å². The molecule has 2 rings (SSSR count). The molecule has 0 bridgehead atoms. The number of β-amino-alcohol motifs (C(OH)–C–C–N with tert-alkyl or cyclic N) is 1. The van der Waals surface area contributed by atoms with Crippen molar-refractivity contribution in [2.24, 2.45) is 0 Å². The van der Waals surface area contributed by atoms with Gasteiger partial charge in [-0.1, -0.05) is 0 Å². The molecule has 0 spiro atoms. The maximum Gasteiger partial charge on any atom is 0.229 e. The summed E-state index contributed by atoms with van der Waals surface area (Å²) in [4.78, 5) is 13.3. The van der Waals surface area contributed by atoms with Gasteiger partial charge in [0, 0.05) is 9.64 Å². The van der Waals surface area contributed by atoms with Crippen molar-refractivity contribution in [1.82, 2.24) is 0 Å². The Morgan fingerprint density at radius 1 is 1.56 bits per heavy atom. The zero-order valence-corrected chi connectivity index (χ0v) is 11.0. The van der Waals surface area contributed by atoms with Crippen LogP contribution in [-0.4, -0.2) is 30.8 Å². The molecule has 1 aliphatic heterocycles. The number of aliphatic hydroxyl groups excluding tert-OH is 1. The van der Waals surface area contributed by atoms with Gasteiger partial charge in [0.25, 0.3) is 0 Å². The summed E-state index contributed by atoms with van der Waals surface area (Å²) in [5.74, 6) is 0.670. The van der Waals surface area contributed by atoms with Crippen LogP contribution >= 0.6 is 22.6 Å². The average Bonchev–Trinajstić information content (AvgIpc) is 2.58. The second-order valence-electron chi connectivity index (χ2n) is 3.68. The molecule has 0 radical (unpaired) electrons. The van der Waals surface area contributed by atoms with Gasteiger partial charge >= 0.3 is 0 Å². The summed E-state index contributed by atoms with van der Waals surface area (Å²) in [5, 5.41) is 9.45. The van der Waals surface area contributed by atoms with E-state index in [1.165, 1.54) is 0 Å². The maximum atomic E-state index is 11.7. The van der Waals surface area contributed by atoms with Gasteiger partial charge in [0.15, 0.2) is 0 Å². The van der Waals surface area contributed by atoms with E-state index in [0.717, 1.165) is 9.26 Å². The highest BCUT2D eigenvalue weighted by Gasteiger charge is 2.30. The molecule has 1 amide bonds. The number of anilines is 1. The van der Waals surface area contributed by atoms with Gasteiger partial charge in [-0.25, -0.2) is 0 Å². The van der Waals surface area contributed by atoms with Crippen molar-refractivity contribution in [3.05, 3.63) is 21.8 Å². The average molecular weight is 333 g/mol. The Bertz CT molecular complexity index is 422. The Morgan fingerprint density at radius 2 is 2.31 bits per heavy atom. The SMILES string of the molecule is COc1ccc(I)c(N2CC(O)CC2=O)c1. The quantitative estimate of drug-likeness (QED) is 0.833. The fourth-order valence-electron chi connectivity index (χ4n) is 1.75. The van der Waals surface area contributed by atoms with Crippen LogP contribution < -0.4 is 9.64 Å². The van der Waals surface area contributed by atoms with E-state index in [1.807, 2.05) is 18.2 Å². The topological polar surface area (TPSA) is 49.8 Å². The molecule has 5 heteroatoms. The van der Waals surface area contributed by atoms with Crippen LogP contribution in [0.15, 0.2) is 18.2 Å². The summed E-state index contributed by atoms with van der Waals surface area (Å²) in [6, 6.07) is 5.56. The van der Waals surface area contributed by atoms with E-state index in [0.29, 0.717) is 12.3 Å². The molecule has 1 unspecified atom stereocenters. The molecular formula is C11H12INO3. The third-order valence-corrected chi connectivity index (χ3v) is 3.46. The van der Waals surface area contributed by atoms with Gasteiger partial charge in [-0.15, -0.1) is 0 Å². The predicted molar refractivity (Wildman–Crippen MR) is 68.7 cm³/mol. The lowest BCUT2D eigenvalue weighted by molar-refractivity contribution is -0.117. The molecule has 1 fully saturated rings. The number of aliphatic hydroxyl groups is 1. The van der Waals surface area contributed by atoms with Crippen LogP contribution in [0, 0.1) is 3.57 Å². The lowest BCUT2D eigenvalue weighted by Crippen LogP contribution is -2.26. The van der Waals surface area contributed by atoms with E-state index in [2.05, 4.69) is 22.6 Å². The zero-order valence-electron chi connectivity index (χ0n) is 8.81. The first-order valence-corrected chi connectivity index (χ1v) is 6.01. The number of halogens is 1. The summed E-state index contributed by atoms with van der Waals surface area (Å²) in [6.45, 7) is 0.363. The standard InChI is InChI=1S/C11H12INO3/c1-16-8-2-3-9(12)10(5-8)13-6-7(14)4-11(13)15/h2-3,5,7,14H,4,6H2,1H3. The summed E-state index contributed by atoms with van der Waals surface area (Å²) in [7, 11) is 1.59. The van der Waals surface area contributed by atoms with Crippen molar-refractivity contribution >= 4 is 34.2 Å². The van der Waals surface area contributed by atoms with Crippen molar-refractivity contribution < 1.29 is 14.6 Å². The van der Waals surface area contributed by atoms with Gasteiger partial charge in [-0.2, -0.15) is 0 Å². The number of rotatable bonds is 2. The number of hydrogen-bond acceptors (Lipinski definition) is 3. The van der Waals surface area contributed by atoms with Gasteiger partial charge in [0.05, 0.1) is 31.9 Å². The molecule has 4 nitrogen and oxygen atoms in total. The van der Waals surface area contributed by atoms with E-state index in [9.17, 15) is 9.90 Å². The Balaban J connectivity index is 2.35. The lowest BCUT2D eigenvalue weighted by Gasteiger charge is -2.18. The smallest absolute Gasteiger partial charge is 0.229 e. The lowest BCUT2D eigenvalue weighted by atomic mass is 10.3. The minimum atomic E-state index is -0.561. The molecule has 1 heterocycles. The number of amides is 1. The number of methoxy groups -OCH3 is 1. The number of carbonyl (C=O) groups excluding carboxylic acids is 1. The van der Waals surface area contributed by atoms with Gasteiger partial charge in [0.2, 0.25) is 5.91 Å². The summed E-state index contributed by atoms with van der Waals surface area (Å²) >= 11 is 2.17. The van der Waals surface area contributed by atoms with Gasteiger partial charge in [-0.3, -0.25) is 4.79 Å². The van der Waals surface area contributed by atoms with E-state index in [4.69, 9.17) is 4.74 Å². The van der Waals surface area contributed by atoms with Crippen LogP contribution in [0.4, 0.5) is 5.69 Å². The Morgan fingerprint density at radius 3 is 2.88 bits per heavy atom. The molecule has 16 heavy (non-hydrogen) atoms. The first-order chi connectivity index (χ1) is 7.61. The highest BCUT2D eigenvalue weighted by Crippen LogP contribution is 2.30. The van der Waals surface area contributed by atoms with Crippen LogP contribution in [-0.2, 0) is 4.79 Å². The highest BCUT2D eigenvalue weighted by molar-refractivity contribution is 14.1. The Hall–Kier alpha value is -0.820. The molecule has 1 aromatic rings. The van der Waals surface area contributed by atoms with Gasteiger partial charge in [0.1, 0.15) is 5.75 Å². The molecular weight excluding hydrogens is 321 g/mol. The fourth-order valence-corrected chi connectivity index (χ4v) is 2.37. The van der Waals surface area contributed by atoms with E-state index in [1.54, 1.807) is 12.0 Å². The predicted octanol–water partition coefficient (Wildman–Crippen LogP) is 1.40. The summed E-state index contributed by atoms with van der Waals surface area (Å²) < 4.78 is 6.10. The second kappa shape index (κ2) is 4.58. The third-order valence-electron chi connectivity index (χ3n) is 2.55. The van der Waals surface area contributed by atoms with Crippen molar-refractivity contribution in [3.63, 3.8) is 0 Å². The molecule has 0 saturated carbocycles. The first kappa shape index (κ1) is 11.7. The van der Waals surface area contributed by atoms with Crippen LogP contribution in [0.2, 0.25) is 0 Å². The normalized spacial score (nSPS) is 20.3. The number of nitrogens with zero attached hydrogens (tertiary/aromatic N) is 1. The third kappa shape index (κ3) is 2.15. The van der Waals surface area contributed by atoms with Gasteiger partial charge in [-0.05, 0) is 34.7 Å². The molecule has 1 N–H and O–H groups in total. The Labute approximate surface area is 107 Å². The molecule has 1 atom stereocenters. The van der Waals surface area contributed by atoms with E-state index >= 15 is 0 Å².